The molecule has 5 nitrogen and oxygen atoms in total. The summed E-state index contributed by atoms with van der Waals surface area (Å²) >= 11 is 0. The van der Waals surface area contributed by atoms with E-state index in [-0.39, 0.29) is 5.41 Å². The summed E-state index contributed by atoms with van der Waals surface area (Å²) in [4.78, 5) is 6.87. The highest BCUT2D eigenvalue weighted by atomic mass is 16.5. The van der Waals surface area contributed by atoms with Crippen molar-refractivity contribution in [2.45, 2.75) is 39.3 Å². The van der Waals surface area contributed by atoms with Gasteiger partial charge in [0.25, 0.3) is 0 Å². The molecule has 2 saturated heterocycles. The Labute approximate surface area is 151 Å². The van der Waals surface area contributed by atoms with E-state index in [0.717, 1.165) is 38.8 Å². The lowest BCUT2D eigenvalue weighted by atomic mass is 9.89. The second-order valence-electron chi connectivity index (χ2n) is 7.74. The molecule has 3 rings (SSSR count). The highest BCUT2D eigenvalue weighted by Gasteiger charge is 2.33. The van der Waals surface area contributed by atoms with Gasteiger partial charge >= 0.3 is 0 Å². The molecule has 2 aliphatic rings. The predicted molar refractivity (Wildman–Crippen MR) is 103 cm³/mol. The van der Waals surface area contributed by atoms with Gasteiger partial charge in [0.05, 0.1) is 13.2 Å². The van der Waals surface area contributed by atoms with Crippen molar-refractivity contribution < 1.29 is 4.74 Å². The maximum absolute atomic E-state index is 5.29. The zero-order valence-corrected chi connectivity index (χ0v) is 15.7. The first-order valence-corrected chi connectivity index (χ1v) is 9.49. The van der Waals surface area contributed by atoms with E-state index in [2.05, 4.69) is 51.7 Å². The number of piperidine rings is 1. The average molecular weight is 345 g/mol. The van der Waals surface area contributed by atoms with Crippen LogP contribution in [0, 0.1) is 5.41 Å². The smallest absolute Gasteiger partial charge is 0.191 e. The van der Waals surface area contributed by atoms with E-state index in [4.69, 9.17) is 4.74 Å². The fraction of sp³-hybridized carbons (Fsp3) is 0.650. The molecular formula is C20H32N4O. The van der Waals surface area contributed by atoms with Gasteiger partial charge in [-0.1, -0.05) is 37.6 Å². The molecule has 0 spiro atoms. The van der Waals surface area contributed by atoms with Crippen LogP contribution in [-0.2, 0) is 17.8 Å². The van der Waals surface area contributed by atoms with Crippen LogP contribution < -0.4 is 10.6 Å². The van der Waals surface area contributed by atoms with Crippen LogP contribution in [0.15, 0.2) is 29.3 Å². The number of nitrogens with one attached hydrogen (secondary N) is 2. The SMILES string of the molecule is CN=C(NCc1ccc(CN2CCCCC2)cc1)NCC1(C)COC1. The normalized spacial score (nSPS) is 20.8. The van der Waals surface area contributed by atoms with Crippen LogP contribution in [0.3, 0.4) is 0 Å². The third kappa shape index (κ3) is 5.44. The Balaban J connectivity index is 1.42. The summed E-state index contributed by atoms with van der Waals surface area (Å²) in [6, 6.07) is 8.96. The van der Waals surface area contributed by atoms with Gasteiger partial charge in [0.1, 0.15) is 0 Å². The maximum Gasteiger partial charge on any atom is 0.191 e. The summed E-state index contributed by atoms with van der Waals surface area (Å²) in [5, 5.41) is 6.79. The Bertz CT molecular complexity index is 560. The summed E-state index contributed by atoms with van der Waals surface area (Å²) in [5.74, 6) is 0.852. The number of ether oxygens (including phenoxy) is 1. The summed E-state index contributed by atoms with van der Waals surface area (Å²) in [6.45, 7) is 9.14. The molecule has 1 aromatic rings. The van der Waals surface area contributed by atoms with E-state index in [1.54, 1.807) is 0 Å². The number of benzene rings is 1. The van der Waals surface area contributed by atoms with Gasteiger partial charge in [-0.2, -0.15) is 0 Å². The number of aliphatic imine (C=N–C) groups is 1. The van der Waals surface area contributed by atoms with Crippen LogP contribution in [0.25, 0.3) is 0 Å². The number of likely N-dealkylation sites (tertiary alicyclic amines) is 1. The number of hydrogen-bond acceptors (Lipinski definition) is 3. The molecule has 2 fully saturated rings. The molecule has 25 heavy (non-hydrogen) atoms. The second kappa shape index (κ2) is 8.68. The fourth-order valence-electron chi connectivity index (χ4n) is 3.39. The zero-order chi connectivity index (χ0) is 17.5. The molecule has 138 valence electrons. The van der Waals surface area contributed by atoms with Gasteiger partial charge in [0.2, 0.25) is 0 Å². The lowest BCUT2D eigenvalue weighted by Gasteiger charge is -2.38. The lowest BCUT2D eigenvalue weighted by Crippen LogP contribution is -2.50. The summed E-state index contributed by atoms with van der Waals surface area (Å²) in [5.41, 5.74) is 2.93. The van der Waals surface area contributed by atoms with E-state index >= 15 is 0 Å². The minimum absolute atomic E-state index is 0.244. The number of guanidine groups is 1. The first kappa shape index (κ1) is 18.2. The Morgan fingerprint density at radius 3 is 2.36 bits per heavy atom. The first-order valence-electron chi connectivity index (χ1n) is 9.49. The van der Waals surface area contributed by atoms with Crippen molar-refractivity contribution in [1.82, 2.24) is 15.5 Å². The minimum atomic E-state index is 0.244. The highest BCUT2D eigenvalue weighted by Crippen LogP contribution is 2.24. The fourth-order valence-corrected chi connectivity index (χ4v) is 3.39. The largest absolute Gasteiger partial charge is 0.380 e. The molecule has 1 aromatic carbocycles. The van der Waals surface area contributed by atoms with E-state index in [0.29, 0.717) is 0 Å². The van der Waals surface area contributed by atoms with Crippen molar-refractivity contribution in [1.29, 1.82) is 0 Å². The molecule has 0 radical (unpaired) electrons. The van der Waals surface area contributed by atoms with Crippen LogP contribution in [0.1, 0.15) is 37.3 Å². The molecule has 0 aromatic heterocycles. The average Bonchev–Trinajstić information content (AvgIpc) is 2.62. The third-order valence-corrected chi connectivity index (χ3v) is 5.15. The summed E-state index contributed by atoms with van der Waals surface area (Å²) in [6.07, 6.45) is 4.08. The van der Waals surface area contributed by atoms with Crippen molar-refractivity contribution in [3.63, 3.8) is 0 Å². The summed E-state index contributed by atoms with van der Waals surface area (Å²) < 4.78 is 5.29. The molecular weight excluding hydrogens is 312 g/mol. The van der Waals surface area contributed by atoms with Crippen LogP contribution in [0.5, 0.6) is 0 Å². The first-order chi connectivity index (χ1) is 12.2. The van der Waals surface area contributed by atoms with E-state index in [1.165, 1.54) is 43.5 Å². The van der Waals surface area contributed by atoms with Gasteiger partial charge in [-0.05, 0) is 37.1 Å². The molecule has 2 aliphatic heterocycles. The molecule has 2 heterocycles. The monoisotopic (exact) mass is 344 g/mol. The molecule has 0 amide bonds. The predicted octanol–water partition coefficient (Wildman–Crippen LogP) is 2.37. The zero-order valence-electron chi connectivity index (χ0n) is 15.7. The Kier molecular flexibility index (Phi) is 6.32. The molecule has 5 heteroatoms. The quantitative estimate of drug-likeness (QED) is 0.614. The molecule has 0 bridgehead atoms. The van der Waals surface area contributed by atoms with E-state index < -0.39 is 0 Å². The van der Waals surface area contributed by atoms with Gasteiger partial charge in [0, 0.05) is 32.1 Å². The Morgan fingerprint density at radius 1 is 1.08 bits per heavy atom. The minimum Gasteiger partial charge on any atom is -0.380 e. The van der Waals surface area contributed by atoms with Crippen LogP contribution in [0.4, 0.5) is 0 Å². The Hall–Kier alpha value is -1.59. The van der Waals surface area contributed by atoms with Crippen LogP contribution in [-0.4, -0.2) is 50.8 Å². The molecule has 0 unspecified atom stereocenters. The third-order valence-electron chi connectivity index (χ3n) is 5.15. The molecule has 0 aliphatic carbocycles. The van der Waals surface area contributed by atoms with Crippen molar-refractivity contribution in [2.75, 3.05) is 39.9 Å². The molecule has 0 atom stereocenters. The number of rotatable bonds is 6. The van der Waals surface area contributed by atoms with E-state index in [9.17, 15) is 0 Å². The van der Waals surface area contributed by atoms with Crippen LogP contribution in [0.2, 0.25) is 0 Å². The van der Waals surface area contributed by atoms with Crippen LogP contribution >= 0.6 is 0 Å². The second-order valence-corrected chi connectivity index (χ2v) is 7.74. The van der Waals surface area contributed by atoms with Crippen molar-refractivity contribution >= 4 is 5.96 Å². The lowest BCUT2D eigenvalue weighted by molar-refractivity contribution is -0.0971. The number of nitrogens with zero attached hydrogens (tertiary/aromatic N) is 2. The molecule has 0 saturated carbocycles. The van der Waals surface area contributed by atoms with Gasteiger partial charge in [-0.15, -0.1) is 0 Å². The standard InChI is InChI=1S/C20H32N4O/c1-20(15-25-16-20)14-23-19(21-2)22-12-17-6-8-18(9-7-17)13-24-10-4-3-5-11-24/h6-9H,3-5,10-16H2,1-2H3,(H2,21,22,23). The number of hydrogen-bond donors (Lipinski definition) is 2. The van der Waals surface area contributed by atoms with Gasteiger partial charge < -0.3 is 15.4 Å². The van der Waals surface area contributed by atoms with Gasteiger partial charge in [0.15, 0.2) is 5.96 Å². The van der Waals surface area contributed by atoms with Crippen molar-refractivity contribution in [3.8, 4) is 0 Å². The highest BCUT2D eigenvalue weighted by molar-refractivity contribution is 5.79. The summed E-state index contributed by atoms with van der Waals surface area (Å²) in [7, 11) is 1.82. The maximum atomic E-state index is 5.29. The van der Waals surface area contributed by atoms with Crippen molar-refractivity contribution in [3.05, 3.63) is 35.4 Å². The topological polar surface area (TPSA) is 48.9 Å². The van der Waals surface area contributed by atoms with Crippen molar-refractivity contribution in [2.24, 2.45) is 10.4 Å². The van der Waals surface area contributed by atoms with Gasteiger partial charge in [-0.3, -0.25) is 9.89 Å². The van der Waals surface area contributed by atoms with Gasteiger partial charge in [-0.25, -0.2) is 0 Å². The molecule has 2 N–H and O–H groups in total. The Morgan fingerprint density at radius 2 is 1.76 bits per heavy atom. The van der Waals surface area contributed by atoms with E-state index in [1.807, 2.05) is 7.05 Å².